The van der Waals surface area contributed by atoms with Crippen molar-refractivity contribution in [2.75, 3.05) is 92.5 Å². The van der Waals surface area contributed by atoms with Crippen molar-refractivity contribution in [1.29, 1.82) is 0 Å². The molecule has 4 aromatic carbocycles. The molecule has 0 radical (unpaired) electrons. The maximum atomic E-state index is 13.5. The lowest BCUT2D eigenvalue weighted by Crippen LogP contribution is -2.09. The van der Waals surface area contributed by atoms with Crippen molar-refractivity contribution in [3.8, 4) is 46.0 Å². The van der Waals surface area contributed by atoms with Crippen LogP contribution in [-0.4, -0.2) is 104 Å². The van der Waals surface area contributed by atoms with Gasteiger partial charge in [0.15, 0.2) is 28.8 Å². The highest BCUT2D eigenvalue weighted by Crippen LogP contribution is 2.43. The first-order valence-electron chi connectivity index (χ1n) is 30.0. The van der Waals surface area contributed by atoms with Gasteiger partial charge in [0.25, 0.3) is 0 Å². The minimum Gasteiger partial charge on any atom is -0.502 e. The van der Waals surface area contributed by atoms with Crippen LogP contribution in [0.25, 0.3) is 22.9 Å². The summed E-state index contributed by atoms with van der Waals surface area (Å²) in [6.07, 6.45) is 18.2. The third-order valence-corrected chi connectivity index (χ3v) is 12.1. The van der Waals surface area contributed by atoms with Gasteiger partial charge in [-0.3, -0.25) is 0 Å². The van der Waals surface area contributed by atoms with Crippen molar-refractivity contribution >= 4 is 34.9 Å². The molecule has 0 aliphatic carbocycles. The van der Waals surface area contributed by atoms with Gasteiger partial charge in [-0.2, -0.15) is 4.89 Å². The van der Waals surface area contributed by atoms with Gasteiger partial charge < -0.3 is 57.0 Å². The summed E-state index contributed by atoms with van der Waals surface area (Å²) >= 11 is 0. The fourth-order valence-electron chi connectivity index (χ4n) is 7.65. The number of unbranched alkanes of at least 4 members (excludes halogenated alkanes) is 6. The van der Waals surface area contributed by atoms with Crippen LogP contribution >= 0.6 is 0 Å². The molecule has 0 aromatic heterocycles. The Kier molecular flexibility index (Phi) is 37.6. The van der Waals surface area contributed by atoms with Gasteiger partial charge in [0.2, 0.25) is 11.5 Å². The van der Waals surface area contributed by atoms with Crippen LogP contribution in [0.5, 0.6) is 46.0 Å². The van der Waals surface area contributed by atoms with Gasteiger partial charge in [-0.25, -0.2) is 29.1 Å². The number of ether oxygens (including phenoxy) is 11. The summed E-state index contributed by atoms with van der Waals surface area (Å²) in [5.74, 6) is 2.28. The van der Waals surface area contributed by atoms with Gasteiger partial charge in [-0.15, -0.1) is 0 Å². The third-order valence-electron chi connectivity index (χ3n) is 12.1. The Morgan fingerprint density at radius 2 is 0.764 bits per heavy atom. The van der Waals surface area contributed by atoms with E-state index in [9.17, 15) is 9.59 Å². The molecule has 19 nitrogen and oxygen atoms in total. The van der Waals surface area contributed by atoms with E-state index in [1.807, 2.05) is 13.8 Å². The number of allylic oxidation sites excluding steroid dienone is 1. The molecule has 89 heavy (non-hydrogen) atoms. The fourth-order valence-corrected chi connectivity index (χ4v) is 7.65. The summed E-state index contributed by atoms with van der Waals surface area (Å²) in [5, 5.41) is 1.46. The van der Waals surface area contributed by atoms with Gasteiger partial charge in [0.1, 0.15) is 24.7 Å². The maximum Gasteiger partial charge on any atom is 0.336 e. The standard InChI is InChI=1S/C70H90O19/c1-10-56(9)89-84-49-25-22-44-79-68-58(28-34-63(76-41-17-14-38-73-11-2)69(68)80-45-19-16-40-75-13-4)31-37-66(72)88-62-33-27-59-50-61(32-26-60(59)51-62)87-65(71)36-30-57-29-35-64(77-42-20-23-47-82-85-52-54(5)6)70(67(57)78-43-18-15-39-74-12-3)81-46-21-24-48-83-86-53-55(7)8/h11-13,26-37,50-51H,1-5,7,14-25,38-49,52-53H2,6,8-9H3/b36-30+,37-31+. The molecular formula is C70H90O19. The van der Waals surface area contributed by atoms with Crippen LogP contribution in [0.15, 0.2) is 154 Å². The van der Waals surface area contributed by atoms with E-state index < -0.39 is 11.9 Å². The van der Waals surface area contributed by atoms with Crippen LogP contribution < -0.4 is 37.9 Å². The first-order valence-corrected chi connectivity index (χ1v) is 30.0. The largest absolute Gasteiger partial charge is 0.502 e. The minimum atomic E-state index is -0.637. The number of hydrogen-bond donors (Lipinski definition) is 0. The molecule has 0 saturated carbocycles. The SMILES string of the molecule is C=C=C(C)OOCCCCOc1c(/C=C/C(=O)Oc2ccc3cc(OC(=O)/C=C/c4ccc(OCCCCOOCC(=C)C)c(OCCCCOOCC(=C)C)c4OCCCCOC=C)ccc3c2)ccc(OCCCCOC=C)c1OCCCCOC=C. The highest BCUT2D eigenvalue weighted by Gasteiger charge is 2.20. The van der Waals surface area contributed by atoms with Crippen LogP contribution in [0.3, 0.4) is 0 Å². The van der Waals surface area contributed by atoms with Crippen LogP contribution in [0, 0.1) is 0 Å². The normalized spacial score (nSPS) is 10.9. The first-order chi connectivity index (χ1) is 43.5. The van der Waals surface area contributed by atoms with Crippen LogP contribution in [0.2, 0.25) is 0 Å². The molecule has 0 spiro atoms. The molecule has 0 bridgehead atoms. The molecule has 0 N–H and O–H groups in total. The van der Waals surface area contributed by atoms with Gasteiger partial charge in [-0.05, 0) is 162 Å². The van der Waals surface area contributed by atoms with E-state index in [0.717, 1.165) is 41.2 Å². The van der Waals surface area contributed by atoms with Gasteiger partial charge in [-0.1, -0.05) is 68.5 Å². The zero-order valence-corrected chi connectivity index (χ0v) is 52.2. The number of rotatable bonds is 53. The predicted octanol–water partition coefficient (Wildman–Crippen LogP) is 15.2. The minimum absolute atomic E-state index is 0.288. The topological polar surface area (TPSA) is 191 Å². The van der Waals surface area contributed by atoms with E-state index in [2.05, 4.69) is 45.2 Å². The summed E-state index contributed by atoms with van der Waals surface area (Å²) in [5.41, 5.74) is 5.45. The fraction of sp³-hybridized carbons (Fsp3) is 0.414. The summed E-state index contributed by atoms with van der Waals surface area (Å²) in [7, 11) is 0. The number of hydrogen-bond acceptors (Lipinski definition) is 19. The lowest BCUT2D eigenvalue weighted by molar-refractivity contribution is -0.288. The zero-order valence-electron chi connectivity index (χ0n) is 52.2. The quantitative estimate of drug-likeness (QED) is 0.00466. The molecule has 0 aliphatic heterocycles. The molecule has 0 heterocycles. The number of carbonyl (C=O) groups is 2. The highest BCUT2D eigenvalue weighted by molar-refractivity contribution is 5.93. The lowest BCUT2D eigenvalue weighted by Gasteiger charge is -2.19. The average Bonchev–Trinajstić information content (AvgIpc) is 1.34. The number of esters is 2. The molecule has 0 unspecified atom stereocenters. The van der Waals surface area contributed by atoms with Gasteiger partial charge in [0, 0.05) is 30.2 Å². The van der Waals surface area contributed by atoms with Crippen molar-refractivity contribution in [3.63, 3.8) is 0 Å². The van der Waals surface area contributed by atoms with Crippen molar-refractivity contribution in [1.82, 2.24) is 0 Å². The second kappa shape index (κ2) is 45.8. The Hall–Kier alpha value is -8.42. The molecular weight excluding hydrogens is 1140 g/mol. The molecule has 0 aliphatic rings. The van der Waals surface area contributed by atoms with Gasteiger partial charge in [0.05, 0.1) is 98.1 Å². The van der Waals surface area contributed by atoms with E-state index in [1.54, 1.807) is 79.7 Å². The predicted molar refractivity (Wildman–Crippen MR) is 342 cm³/mol. The van der Waals surface area contributed by atoms with Crippen LogP contribution in [0.1, 0.15) is 109 Å². The average molecular weight is 1240 g/mol. The van der Waals surface area contributed by atoms with E-state index in [1.165, 1.54) is 30.9 Å². The van der Waals surface area contributed by atoms with Crippen molar-refractivity contribution in [2.45, 2.75) is 97.8 Å². The van der Waals surface area contributed by atoms with Crippen molar-refractivity contribution < 1.29 is 91.0 Å². The maximum absolute atomic E-state index is 13.5. The lowest BCUT2D eigenvalue weighted by atomic mass is 10.1. The smallest absolute Gasteiger partial charge is 0.336 e. The monoisotopic (exact) mass is 1230 g/mol. The molecule has 0 fully saturated rings. The van der Waals surface area contributed by atoms with E-state index in [0.29, 0.717) is 207 Å². The number of fused-ring (bicyclic) bond motifs is 1. The second-order valence-electron chi connectivity index (χ2n) is 20.0. The first kappa shape index (κ1) is 73.1. The van der Waals surface area contributed by atoms with Crippen LogP contribution in [-0.2, 0) is 53.1 Å². The Bertz CT molecular complexity index is 2900. The van der Waals surface area contributed by atoms with Gasteiger partial charge >= 0.3 is 11.9 Å². The van der Waals surface area contributed by atoms with Crippen LogP contribution in [0.4, 0.5) is 0 Å². The highest BCUT2D eigenvalue weighted by atomic mass is 17.2. The molecule has 0 amide bonds. The summed E-state index contributed by atoms with van der Waals surface area (Å²) in [6.45, 7) is 32.6. The summed E-state index contributed by atoms with van der Waals surface area (Å²) in [6, 6.07) is 17.4. The second-order valence-corrected chi connectivity index (χ2v) is 20.0. The van der Waals surface area contributed by atoms with E-state index >= 15 is 0 Å². The van der Waals surface area contributed by atoms with E-state index in [4.69, 9.17) is 81.4 Å². The summed E-state index contributed by atoms with van der Waals surface area (Å²) in [4.78, 5) is 58.3. The van der Waals surface area contributed by atoms with Crippen molar-refractivity contribution in [2.24, 2.45) is 0 Å². The Morgan fingerprint density at radius 1 is 0.416 bits per heavy atom. The summed E-state index contributed by atoms with van der Waals surface area (Å²) < 4.78 is 65.6. The number of benzene rings is 4. The Labute approximate surface area is 525 Å². The van der Waals surface area contributed by atoms with Crippen molar-refractivity contribution in [3.05, 3.63) is 165 Å². The molecule has 484 valence electrons. The third kappa shape index (κ3) is 31.4. The molecule has 19 heteroatoms. The Balaban J connectivity index is 1.51. The molecule has 0 saturated heterocycles. The van der Waals surface area contributed by atoms with E-state index in [-0.39, 0.29) is 6.61 Å². The Morgan fingerprint density at radius 3 is 1.13 bits per heavy atom. The molecule has 4 aromatic rings. The zero-order chi connectivity index (χ0) is 63.9. The molecule has 4 rings (SSSR count). The number of carbonyl (C=O) groups excluding carboxylic acids is 2. The molecule has 0 atom stereocenters.